The highest BCUT2D eigenvalue weighted by Gasteiger charge is 2.19. The van der Waals surface area contributed by atoms with Gasteiger partial charge in [-0.2, -0.15) is 8.78 Å². The van der Waals surface area contributed by atoms with Crippen molar-refractivity contribution >= 4 is 0 Å². The Morgan fingerprint density at radius 1 is 1.24 bits per heavy atom. The smallest absolute Gasteiger partial charge is 0.387 e. The monoisotopic (exact) mass is 296 g/mol. The van der Waals surface area contributed by atoms with Gasteiger partial charge in [0.05, 0.1) is 12.2 Å². The van der Waals surface area contributed by atoms with Crippen LogP contribution in [0.15, 0.2) is 42.7 Å². The third-order valence-corrected chi connectivity index (χ3v) is 2.91. The SMILES string of the molecule is CCNC(c1cncc(F)c1)c1ccccc1OC(F)F. The van der Waals surface area contributed by atoms with Crippen LogP contribution in [0.2, 0.25) is 0 Å². The molecule has 1 aromatic carbocycles. The molecule has 0 aliphatic heterocycles. The van der Waals surface area contributed by atoms with E-state index in [0.717, 1.165) is 6.20 Å². The van der Waals surface area contributed by atoms with Crippen LogP contribution in [0.25, 0.3) is 0 Å². The summed E-state index contributed by atoms with van der Waals surface area (Å²) in [5.74, 6) is -0.426. The van der Waals surface area contributed by atoms with Gasteiger partial charge in [-0.1, -0.05) is 25.1 Å². The zero-order chi connectivity index (χ0) is 15.2. The van der Waals surface area contributed by atoms with Crippen molar-refractivity contribution in [2.75, 3.05) is 6.54 Å². The Kier molecular flexibility index (Phi) is 5.16. The summed E-state index contributed by atoms with van der Waals surface area (Å²) in [5, 5.41) is 3.12. The van der Waals surface area contributed by atoms with Crippen LogP contribution in [0.5, 0.6) is 5.75 Å². The van der Waals surface area contributed by atoms with E-state index in [4.69, 9.17) is 0 Å². The largest absolute Gasteiger partial charge is 0.434 e. The van der Waals surface area contributed by atoms with Gasteiger partial charge in [-0.15, -0.1) is 0 Å². The van der Waals surface area contributed by atoms with Crippen LogP contribution in [0, 0.1) is 5.82 Å². The van der Waals surface area contributed by atoms with Crippen molar-refractivity contribution in [3.63, 3.8) is 0 Å². The standard InChI is InChI=1S/C15H15F3N2O/c1-2-20-14(10-7-11(16)9-19-8-10)12-5-3-4-6-13(12)21-15(17)18/h3-9,14-15,20H,2H2,1H3. The van der Waals surface area contributed by atoms with Crippen molar-refractivity contribution < 1.29 is 17.9 Å². The summed E-state index contributed by atoms with van der Waals surface area (Å²) in [6.45, 7) is -0.473. The number of nitrogens with zero attached hydrogens (tertiary/aromatic N) is 1. The van der Waals surface area contributed by atoms with Crippen LogP contribution in [0.4, 0.5) is 13.2 Å². The number of ether oxygens (including phenoxy) is 1. The van der Waals surface area contributed by atoms with Crippen molar-refractivity contribution in [1.29, 1.82) is 0 Å². The quantitative estimate of drug-likeness (QED) is 0.885. The molecule has 0 fully saturated rings. The van der Waals surface area contributed by atoms with Crippen molar-refractivity contribution in [2.24, 2.45) is 0 Å². The number of pyridine rings is 1. The third kappa shape index (κ3) is 3.95. The van der Waals surface area contributed by atoms with E-state index in [0.29, 0.717) is 17.7 Å². The van der Waals surface area contributed by atoms with Gasteiger partial charge in [0.1, 0.15) is 11.6 Å². The summed E-state index contributed by atoms with van der Waals surface area (Å²) in [4.78, 5) is 3.80. The van der Waals surface area contributed by atoms with Gasteiger partial charge in [-0.3, -0.25) is 4.98 Å². The number of hydrogen-bond acceptors (Lipinski definition) is 3. The molecule has 6 heteroatoms. The lowest BCUT2D eigenvalue weighted by atomic mass is 9.99. The summed E-state index contributed by atoms with van der Waals surface area (Å²) in [5.41, 5.74) is 1.05. The van der Waals surface area contributed by atoms with Crippen LogP contribution in [-0.2, 0) is 0 Å². The molecule has 2 aromatic rings. The van der Waals surface area contributed by atoms with Crippen molar-refractivity contribution in [3.05, 3.63) is 59.7 Å². The molecule has 0 radical (unpaired) electrons. The van der Waals surface area contributed by atoms with E-state index in [2.05, 4.69) is 15.0 Å². The molecule has 2 rings (SSSR count). The minimum Gasteiger partial charge on any atom is -0.434 e. The Balaban J connectivity index is 2.43. The molecule has 0 saturated heterocycles. The number of alkyl halides is 2. The molecule has 0 saturated carbocycles. The second-order valence-electron chi connectivity index (χ2n) is 4.34. The Bertz CT molecular complexity index is 593. The number of halogens is 3. The molecule has 3 nitrogen and oxygen atoms in total. The first-order chi connectivity index (χ1) is 10.1. The van der Waals surface area contributed by atoms with E-state index >= 15 is 0 Å². The maximum atomic E-state index is 13.4. The number of benzene rings is 1. The summed E-state index contributed by atoms with van der Waals surface area (Å²) >= 11 is 0. The second-order valence-corrected chi connectivity index (χ2v) is 4.34. The van der Waals surface area contributed by atoms with Crippen LogP contribution in [0.3, 0.4) is 0 Å². The molecular formula is C15H15F3N2O. The lowest BCUT2D eigenvalue weighted by Crippen LogP contribution is -2.23. The molecule has 0 aliphatic carbocycles. The highest BCUT2D eigenvalue weighted by atomic mass is 19.3. The van der Waals surface area contributed by atoms with E-state index < -0.39 is 18.5 Å². The minimum atomic E-state index is -2.92. The van der Waals surface area contributed by atoms with E-state index in [1.807, 2.05) is 6.92 Å². The average molecular weight is 296 g/mol. The predicted octanol–water partition coefficient (Wildman–Crippen LogP) is 3.52. The van der Waals surface area contributed by atoms with Crippen molar-refractivity contribution in [1.82, 2.24) is 10.3 Å². The van der Waals surface area contributed by atoms with Crippen molar-refractivity contribution in [2.45, 2.75) is 19.6 Å². The maximum Gasteiger partial charge on any atom is 0.387 e. The summed E-state index contributed by atoms with van der Waals surface area (Å²) in [7, 11) is 0. The Labute approximate surface area is 120 Å². The average Bonchev–Trinajstić information content (AvgIpc) is 2.45. The summed E-state index contributed by atoms with van der Waals surface area (Å²) in [6.07, 6.45) is 2.59. The van der Waals surface area contributed by atoms with E-state index in [-0.39, 0.29) is 5.75 Å². The zero-order valence-electron chi connectivity index (χ0n) is 11.4. The molecule has 1 heterocycles. The number of aromatic nitrogens is 1. The fourth-order valence-corrected chi connectivity index (χ4v) is 2.12. The maximum absolute atomic E-state index is 13.4. The van der Waals surface area contributed by atoms with Gasteiger partial charge in [0.15, 0.2) is 0 Å². The Morgan fingerprint density at radius 2 is 2.00 bits per heavy atom. The van der Waals surface area contributed by atoms with E-state index in [9.17, 15) is 13.2 Å². The molecule has 112 valence electrons. The first-order valence-electron chi connectivity index (χ1n) is 6.49. The van der Waals surface area contributed by atoms with Crippen LogP contribution in [0.1, 0.15) is 24.1 Å². The topological polar surface area (TPSA) is 34.2 Å². The fraction of sp³-hybridized carbons (Fsp3) is 0.267. The number of nitrogens with one attached hydrogen (secondary N) is 1. The first kappa shape index (κ1) is 15.3. The first-order valence-corrected chi connectivity index (χ1v) is 6.49. The van der Waals surface area contributed by atoms with Crippen LogP contribution in [-0.4, -0.2) is 18.1 Å². The zero-order valence-corrected chi connectivity index (χ0v) is 11.4. The summed E-state index contributed by atoms with van der Waals surface area (Å²) < 4.78 is 42.9. The summed E-state index contributed by atoms with van der Waals surface area (Å²) in [6, 6.07) is 7.28. The third-order valence-electron chi connectivity index (χ3n) is 2.91. The molecule has 1 aromatic heterocycles. The molecule has 1 N–H and O–H groups in total. The normalized spacial score (nSPS) is 12.4. The Hall–Kier alpha value is -2.08. The predicted molar refractivity (Wildman–Crippen MR) is 72.8 cm³/mol. The molecule has 0 bridgehead atoms. The number of rotatable bonds is 6. The van der Waals surface area contributed by atoms with E-state index in [1.165, 1.54) is 18.3 Å². The van der Waals surface area contributed by atoms with Gasteiger partial charge >= 0.3 is 6.61 Å². The number of para-hydroxylation sites is 1. The lowest BCUT2D eigenvalue weighted by molar-refractivity contribution is -0.0506. The van der Waals surface area contributed by atoms with Gasteiger partial charge in [0.25, 0.3) is 0 Å². The van der Waals surface area contributed by atoms with Crippen LogP contribution < -0.4 is 10.1 Å². The molecule has 21 heavy (non-hydrogen) atoms. The Morgan fingerprint density at radius 3 is 2.67 bits per heavy atom. The molecule has 0 amide bonds. The second kappa shape index (κ2) is 7.08. The highest BCUT2D eigenvalue weighted by molar-refractivity contribution is 5.41. The number of hydrogen-bond donors (Lipinski definition) is 1. The van der Waals surface area contributed by atoms with Crippen molar-refractivity contribution in [3.8, 4) is 5.75 Å². The molecule has 1 unspecified atom stereocenters. The van der Waals surface area contributed by atoms with Gasteiger partial charge in [0.2, 0.25) is 0 Å². The molecule has 1 atom stereocenters. The van der Waals surface area contributed by atoms with Gasteiger partial charge in [-0.25, -0.2) is 4.39 Å². The van der Waals surface area contributed by atoms with Gasteiger partial charge in [-0.05, 0) is 24.2 Å². The molecule has 0 aliphatic rings. The van der Waals surface area contributed by atoms with Crippen LogP contribution >= 0.6 is 0 Å². The fourth-order valence-electron chi connectivity index (χ4n) is 2.12. The van der Waals surface area contributed by atoms with E-state index in [1.54, 1.807) is 18.2 Å². The lowest BCUT2D eigenvalue weighted by Gasteiger charge is -2.21. The van der Waals surface area contributed by atoms with Gasteiger partial charge < -0.3 is 10.1 Å². The van der Waals surface area contributed by atoms with Gasteiger partial charge in [0, 0.05) is 11.8 Å². The minimum absolute atomic E-state index is 0.0581. The molecule has 0 spiro atoms. The molecular weight excluding hydrogens is 281 g/mol. The highest BCUT2D eigenvalue weighted by Crippen LogP contribution is 2.30.